The number of anilines is 1. The van der Waals surface area contributed by atoms with Crippen molar-refractivity contribution < 1.29 is 22.2 Å². The Labute approximate surface area is 219 Å². The van der Waals surface area contributed by atoms with E-state index in [1.807, 2.05) is 28.3 Å². The number of benzene rings is 2. The lowest BCUT2D eigenvalue weighted by molar-refractivity contribution is -0.121. The van der Waals surface area contributed by atoms with Gasteiger partial charge >= 0.3 is 0 Å². The molecule has 2 aromatic carbocycles. The first kappa shape index (κ1) is 29.0. The van der Waals surface area contributed by atoms with Crippen LogP contribution in [0.3, 0.4) is 0 Å². The van der Waals surface area contributed by atoms with Crippen molar-refractivity contribution in [2.24, 2.45) is 0 Å². The first-order chi connectivity index (χ1) is 16.2. The van der Waals surface area contributed by atoms with Crippen LogP contribution in [0.15, 0.2) is 76.7 Å². The van der Waals surface area contributed by atoms with Crippen LogP contribution in [0.2, 0.25) is 5.02 Å². The van der Waals surface area contributed by atoms with Crippen LogP contribution < -0.4 is 16.2 Å². The topological polar surface area (TPSA) is 161 Å². The van der Waals surface area contributed by atoms with Gasteiger partial charge < -0.3 is 20.4 Å². The standard InChI is InChI=1S/C23H20ClN3O5S2.CH4.H3N/c24-17-4-1-3-16(11-17)13-22(28)25-19(20-14-32-23(26-20)21-5-2-10-33-21)12-15-6-8-18(9-7-15)27-34(29,30)31;;/h1-11,14,19,27H,12-13H2,(H,25,28)(H,29,30,31);1H4;1H3/t19-;;/m0../s1. The zero-order chi connectivity index (χ0) is 24.1. The van der Waals surface area contributed by atoms with Gasteiger partial charge in [-0.05, 0) is 53.3 Å². The normalized spacial score (nSPS) is 11.6. The van der Waals surface area contributed by atoms with Crippen LogP contribution in [-0.4, -0.2) is 23.9 Å². The molecular formula is C24H27ClN4O5S2. The van der Waals surface area contributed by atoms with Gasteiger partial charge in [-0.15, -0.1) is 11.3 Å². The molecule has 0 aliphatic carbocycles. The van der Waals surface area contributed by atoms with Gasteiger partial charge in [-0.25, -0.2) is 13.4 Å². The highest BCUT2D eigenvalue weighted by Gasteiger charge is 2.21. The van der Waals surface area contributed by atoms with Gasteiger partial charge in [0.2, 0.25) is 11.8 Å². The molecular weight excluding hydrogens is 524 g/mol. The summed E-state index contributed by atoms with van der Waals surface area (Å²) in [6, 6.07) is 16.7. The zero-order valence-corrected chi connectivity index (χ0v) is 21.0. The van der Waals surface area contributed by atoms with E-state index in [1.54, 1.807) is 30.3 Å². The summed E-state index contributed by atoms with van der Waals surface area (Å²) in [7, 11) is -4.61. The van der Waals surface area contributed by atoms with Crippen molar-refractivity contribution in [2.75, 3.05) is 4.72 Å². The molecule has 0 radical (unpaired) electrons. The Morgan fingerprint density at radius 3 is 2.50 bits per heavy atom. The largest absolute Gasteiger partial charge is 0.731 e. The maximum absolute atomic E-state index is 12.8. The molecule has 36 heavy (non-hydrogen) atoms. The van der Waals surface area contributed by atoms with Gasteiger partial charge in [-0.2, -0.15) is 0 Å². The lowest BCUT2D eigenvalue weighted by Crippen LogP contribution is -2.31. The number of hydrogen-bond donors (Lipinski definition) is 3. The molecule has 0 aliphatic heterocycles. The lowest BCUT2D eigenvalue weighted by Gasteiger charge is -2.17. The third-order valence-corrected chi connectivity index (χ3v) is 6.42. The quantitative estimate of drug-likeness (QED) is 0.230. The Kier molecular flexibility index (Phi) is 10.2. The maximum Gasteiger partial charge on any atom is 0.236 e. The van der Waals surface area contributed by atoms with Gasteiger partial charge in [0.25, 0.3) is 0 Å². The number of quaternary nitrogens is 1. The smallest absolute Gasteiger partial charge is 0.236 e. The molecule has 4 rings (SSSR count). The van der Waals surface area contributed by atoms with Gasteiger partial charge in [-0.3, -0.25) is 9.52 Å². The summed E-state index contributed by atoms with van der Waals surface area (Å²) < 4.78 is 40.2. The second kappa shape index (κ2) is 12.7. The number of carbonyl (C=O) groups is 1. The number of thiophene rings is 1. The number of amides is 1. The van der Waals surface area contributed by atoms with Crippen LogP contribution in [0.1, 0.15) is 30.3 Å². The molecule has 12 heteroatoms. The second-order valence-corrected chi connectivity index (χ2v) is 9.94. The summed E-state index contributed by atoms with van der Waals surface area (Å²) in [6.07, 6.45) is 2.01. The molecule has 192 valence electrons. The van der Waals surface area contributed by atoms with Crippen molar-refractivity contribution in [1.82, 2.24) is 16.5 Å². The molecule has 0 fully saturated rings. The van der Waals surface area contributed by atoms with E-state index < -0.39 is 16.3 Å². The lowest BCUT2D eigenvalue weighted by atomic mass is 10.0. The average molecular weight is 551 g/mol. The van der Waals surface area contributed by atoms with E-state index in [9.17, 15) is 17.8 Å². The van der Waals surface area contributed by atoms with E-state index in [4.69, 9.17) is 16.0 Å². The third-order valence-electron chi connectivity index (χ3n) is 4.84. The molecule has 2 heterocycles. The molecule has 1 atom stereocenters. The third kappa shape index (κ3) is 8.18. The van der Waals surface area contributed by atoms with Crippen LogP contribution in [0.25, 0.3) is 10.8 Å². The number of aromatic nitrogens is 1. The minimum Gasteiger partial charge on any atom is -0.731 e. The van der Waals surface area contributed by atoms with Crippen LogP contribution in [0.5, 0.6) is 0 Å². The van der Waals surface area contributed by atoms with Gasteiger partial charge in [0.1, 0.15) is 12.0 Å². The highest BCUT2D eigenvalue weighted by Crippen LogP contribution is 2.27. The molecule has 0 spiro atoms. The minimum atomic E-state index is -4.61. The fourth-order valence-corrected chi connectivity index (χ4v) is 4.65. The summed E-state index contributed by atoms with van der Waals surface area (Å²) >= 11 is 7.52. The van der Waals surface area contributed by atoms with Crippen molar-refractivity contribution in [2.45, 2.75) is 26.3 Å². The summed E-state index contributed by atoms with van der Waals surface area (Å²) in [5, 5.41) is 5.47. The second-order valence-electron chi connectivity index (χ2n) is 7.44. The monoisotopic (exact) mass is 550 g/mol. The van der Waals surface area contributed by atoms with Crippen molar-refractivity contribution in [3.63, 3.8) is 0 Å². The number of carbonyl (C=O) groups excluding carboxylic acids is 1. The van der Waals surface area contributed by atoms with Gasteiger partial charge in [0.05, 0.1) is 17.3 Å². The molecule has 4 aromatic rings. The molecule has 0 saturated carbocycles. The predicted octanol–water partition coefficient (Wildman–Crippen LogP) is 5.58. The Hall–Kier alpha value is -3.22. The molecule has 0 bridgehead atoms. The average Bonchev–Trinajstić information content (AvgIpc) is 3.46. The molecule has 1 amide bonds. The molecule has 0 aliphatic rings. The number of hydrogen-bond acceptors (Lipinski definition) is 7. The SMILES string of the molecule is C.O=C(Cc1cccc(Cl)c1)N[C@@H](Cc1ccc(NS(=O)(=O)[O-])cc1)c1coc(-c2cccs2)n1.[NH4+]. The maximum atomic E-state index is 12.8. The summed E-state index contributed by atoms with van der Waals surface area (Å²) in [5.41, 5.74) is 2.27. The minimum absolute atomic E-state index is 0. The number of nitrogens with zero attached hydrogens (tertiary/aromatic N) is 1. The van der Waals surface area contributed by atoms with E-state index in [-0.39, 0.29) is 31.6 Å². The zero-order valence-electron chi connectivity index (χ0n) is 18.6. The highest BCUT2D eigenvalue weighted by molar-refractivity contribution is 7.87. The van der Waals surface area contributed by atoms with Crippen LogP contribution in [-0.2, 0) is 27.9 Å². The summed E-state index contributed by atoms with van der Waals surface area (Å²) in [6.45, 7) is 0. The Balaban J connectivity index is 0.00000228. The summed E-state index contributed by atoms with van der Waals surface area (Å²) in [5.74, 6) is 0.239. The van der Waals surface area contributed by atoms with E-state index >= 15 is 0 Å². The van der Waals surface area contributed by atoms with E-state index in [2.05, 4.69) is 10.3 Å². The van der Waals surface area contributed by atoms with Crippen molar-refractivity contribution in [1.29, 1.82) is 0 Å². The first-order valence-corrected chi connectivity index (χ1v) is 12.8. The Morgan fingerprint density at radius 1 is 1.11 bits per heavy atom. The molecule has 9 nitrogen and oxygen atoms in total. The number of rotatable bonds is 9. The predicted molar refractivity (Wildman–Crippen MR) is 142 cm³/mol. The fourth-order valence-electron chi connectivity index (χ4n) is 3.36. The fraction of sp³-hybridized carbons (Fsp3) is 0.167. The Bertz CT molecular complexity index is 1370. The first-order valence-electron chi connectivity index (χ1n) is 10.1. The molecule has 2 aromatic heterocycles. The highest BCUT2D eigenvalue weighted by atomic mass is 35.5. The molecule has 6 N–H and O–H groups in total. The van der Waals surface area contributed by atoms with Gasteiger partial charge in [0.15, 0.2) is 10.3 Å². The Morgan fingerprint density at radius 2 is 1.86 bits per heavy atom. The van der Waals surface area contributed by atoms with Crippen molar-refractivity contribution in [3.8, 4) is 10.8 Å². The van der Waals surface area contributed by atoms with E-state index in [0.717, 1.165) is 16.0 Å². The van der Waals surface area contributed by atoms with E-state index in [1.165, 1.54) is 29.7 Å². The molecule has 0 unspecified atom stereocenters. The van der Waals surface area contributed by atoms with Crippen LogP contribution in [0, 0.1) is 0 Å². The van der Waals surface area contributed by atoms with Crippen LogP contribution in [0.4, 0.5) is 5.69 Å². The van der Waals surface area contributed by atoms with Crippen LogP contribution >= 0.6 is 22.9 Å². The van der Waals surface area contributed by atoms with Gasteiger partial charge in [0, 0.05) is 10.7 Å². The molecule has 0 saturated heterocycles. The van der Waals surface area contributed by atoms with Gasteiger partial charge in [-0.1, -0.05) is 49.4 Å². The summed E-state index contributed by atoms with van der Waals surface area (Å²) in [4.78, 5) is 18.3. The number of nitrogens with one attached hydrogen (secondary N) is 2. The van der Waals surface area contributed by atoms with E-state index in [0.29, 0.717) is 23.0 Å². The van der Waals surface area contributed by atoms with Crippen molar-refractivity contribution >= 4 is 44.8 Å². The number of oxazole rings is 1. The van der Waals surface area contributed by atoms with Crippen molar-refractivity contribution in [3.05, 3.63) is 94.2 Å². The number of halogens is 1.